The van der Waals surface area contributed by atoms with E-state index in [1.165, 1.54) is 11.0 Å². The lowest BCUT2D eigenvalue weighted by Crippen LogP contribution is -2.29. The first-order valence-corrected chi connectivity index (χ1v) is 8.34. The van der Waals surface area contributed by atoms with E-state index in [-0.39, 0.29) is 5.69 Å². The van der Waals surface area contributed by atoms with Gasteiger partial charge in [-0.1, -0.05) is 12.1 Å². The zero-order valence-electron chi connectivity index (χ0n) is 14.0. The largest absolute Gasteiger partial charge is 0.495 e. The third-order valence-electron chi connectivity index (χ3n) is 4.42. The number of ether oxygens (including phenoxy) is 1. The van der Waals surface area contributed by atoms with Crippen LogP contribution in [-0.4, -0.2) is 45.8 Å². The van der Waals surface area contributed by atoms with Gasteiger partial charge in [0.05, 0.1) is 19.0 Å². The molecule has 3 aromatic rings. The summed E-state index contributed by atoms with van der Waals surface area (Å²) in [5.74, 6) is 1.11. The number of aromatic nitrogens is 4. The Hall–Kier alpha value is -2.87. The molecule has 0 radical (unpaired) electrons. The molecule has 2 aromatic heterocycles. The van der Waals surface area contributed by atoms with Crippen molar-refractivity contribution in [3.8, 4) is 11.4 Å². The fourth-order valence-electron chi connectivity index (χ4n) is 3.17. The van der Waals surface area contributed by atoms with Crippen LogP contribution < -0.4 is 21.1 Å². The van der Waals surface area contributed by atoms with Crippen LogP contribution in [0.25, 0.3) is 16.9 Å². The molecule has 0 bridgehead atoms. The third-order valence-corrected chi connectivity index (χ3v) is 4.42. The highest BCUT2D eigenvalue weighted by atomic mass is 16.5. The summed E-state index contributed by atoms with van der Waals surface area (Å²) in [7, 11) is 1.58. The Morgan fingerprint density at radius 3 is 3.08 bits per heavy atom. The smallest absolute Gasteiger partial charge is 0.332 e. The average molecular weight is 340 g/mol. The summed E-state index contributed by atoms with van der Waals surface area (Å²) in [5, 5.41) is 6.67. The molecule has 130 valence electrons. The molecule has 0 saturated carbocycles. The molecular formula is C17H20N6O2. The Morgan fingerprint density at radius 2 is 2.28 bits per heavy atom. The van der Waals surface area contributed by atoms with E-state index < -0.39 is 0 Å². The number of rotatable bonds is 5. The van der Waals surface area contributed by atoms with Crippen LogP contribution in [0.4, 0.5) is 5.95 Å². The number of H-pyrrole nitrogens is 1. The molecule has 3 heterocycles. The molecular weight excluding hydrogens is 320 g/mol. The van der Waals surface area contributed by atoms with Crippen LogP contribution in [-0.2, 0) is 0 Å². The van der Waals surface area contributed by atoms with Crippen LogP contribution in [0.2, 0.25) is 0 Å². The van der Waals surface area contributed by atoms with E-state index in [0.29, 0.717) is 34.6 Å². The van der Waals surface area contributed by atoms with Gasteiger partial charge in [0.1, 0.15) is 11.3 Å². The molecule has 0 amide bonds. The van der Waals surface area contributed by atoms with Gasteiger partial charge in [0, 0.05) is 12.6 Å². The number of nitrogens with one attached hydrogen (secondary N) is 3. The van der Waals surface area contributed by atoms with Crippen LogP contribution in [0.15, 0.2) is 35.3 Å². The van der Waals surface area contributed by atoms with E-state index in [9.17, 15) is 4.79 Å². The molecule has 1 aliphatic heterocycles. The second-order valence-corrected chi connectivity index (χ2v) is 6.04. The highest BCUT2D eigenvalue weighted by molar-refractivity contribution is 5.74. The summed E-state index contributed by atoms with van der Waals surface area (Å²) in [6.07, 6.45) is 3.96. The fraction of sp³-hybridized carbons (Fsp3) is 0.353. The predicted molar refractivity (Wildman–Crippen MR) is 95.6 cm³/mol. The van der Waals surface area contributed by atoms with E-state index in [1.54, 1.807) is 13.3 Å². The Kier molecular flexibility index (Phi) is 4.10. The summed E-state index contributed by atoms with van der Waals surface area (Å²) in [5.41, 5.74) is 1.47. The second kappa shape index (κ2) is 6.56. The number of hydrogen-bond donors (Lipinski definition) is 3. The Balaban J connectivity index is 1.72. The maximum atomic E-state index is 12.4. The number of methoxy groups -OCH3 is 1. The molecule has 0 aliphatic carbocycles. The van der Waals surface area contributed by atoms with Gasteiger partial charge in [-0.2, -0.15) is 4.98 Å². The lowest BCUT2D eigenvalue weighted by Gasteiger charge is -2.12. The number of imidazole rings is 1. The molecule has 1 aliphatic rings. The maximum absolute atomic E-state index is 12.4. The molecule has 0 spiro atoms. The minimum Gasteiger partial charge on any atom is -0.495 e. The molecule has 0 unspecified atom stereocenters. The van der Waals surface area contributed by atoms with E-state index in [4.69, 9.17) is 4.74 Å². The van der Waals surface area contributed by atoms with Crippen molar-refractivity contribution in [1.29, 1.82) is 0 Å². The monoisotopic (exact) mass is 340 g/mol. The Bertz CT molecular complexity index is 942. The molecule has 1 fully saturated rings. The number of benzene rings is 1. The fourth-order valence-corrected chi connectivity index (χ4v) is 3.17. The second-order valence-electron chi connectivity index (χ2n) is 6.04. The Labute approximate surface area is 144 Å². The molecule has 8 heteroatoms. The van der Waals surface area contributed by atoms with Gasteiger partial charge in [0.25, 0.3) is 0 Å². The maximum Gasteiger partial charge on any atom is 0.332 e. The van der Waals surface area contributed by atoms with Crippen molar-refractivity contribution in [3.63, 3.8) is 0 Å². The predicted octanol–water partition coefficient (Wildman–Crippen LogP) is 1.28. The van der Waals surface area contributed by atoms with Crippen molar-refractivity contribution >= 4 is 17.1 Å². The molecule has 1 atom stereocenters. The summed E-state index contributed by atoms with van der Waals surface area (Å²) in [4.78, 5) is 24.1. The van der Waals surface area contributed by atoms with E-state index >= 15 is 0 Å². The first kappa shape index (κ1) is 15.6. The molecule has 3 N–H and O–H groups in total. The van der Waals surface area contributed by atoms with Crippen molar-refractivity contribution < 1.29 is 4.74 Å². The molecule has 1 aromatic carbocycles. The summed E-state index contributed by atoms with van der Waals surface area (Å²) in [6.45, 7) is 1.81. The summed E-state index contributed by atoms with van der Waals surface area (Å²) < 4.78 is 6.89. The topological polar surface area (TPSA) is 96.9 Å². The lowest BCUT2D eigenvalue weighted by molar-refractivity contribution is 0.413. The zero-order chi connectivity index (χ0) is 17.2. The number of fused-ring (bicyclic) bond motifs is 1. The van der Waals surface area contributed by atoms with Gasteiger partial charge < -0.3 is 20.4 Å². The molecule has 25 heavy (non-hydrogen) atoms. The standard InChI is InChI=1S/C17H20N6O2/c1-25-14-7-3-2-6-13(14)23-15-12(21-17(23)24)10-20-16(22-15)19-9-11-5-4-8-18-11/h2-3,6-7,10-11,18H,4-5,8-9H2,1H3,(H,21,24)(H,19,20,22)/t11-/m0/s1. The SMILES string of the molecule is COc1ccccc1-n1c(=O)[nH]c2cnc(NC[C@@H]3CCCN3)nc21. The average Bonchev–Trinajstić information content (AvgIpc) is 3.26. The van der Waals surface area contributed by atoms with Crippen molar-refractivity contribution in [2.24, 2.45) is 0 Å². The quantitative estimate of drug-likeness (QED) is 0.647. The number of aromatic amines is 1. The van der Waals surface area contributed by atoms with Gasteiger partial charge >= 0.3 is 5.69 Å². The third kappa shape index (κ3) is 2.96. The van der Waals surface area contributed by atoms with E-state index in [2.05, 4.69) is 25.6 Å². The van der Waals surface area contributed by atoms with Gasteiger partial charge in [-0.3, -0.25) is 0 Å². The number of hydrogen-bond acceptors (Lipinski definition) is 6. The minimum absolute atomic E-state index is 0.275. The summed E-state index contributed by atoms with van der Waals surface area (Å²) >= 11 is 0. The highest BCUT2D eigenvalue weighted by Crippen LogP contribution is 2.23. The van der Waals surface area contributed by atoms with Crippen molar-refractivity contribution in [3.05, 3.63) is 40.9 Å². The lowest BCUT2D eigenvalue weighted by atomic mass is 10.2. The number of para-hydroxylation sites is 2. The molecule has 4 rings (SSSR count). The van der Waals surface area contributed by atoms with Gasteiger partial charge in [0.2, 0.25) is 5.95 Å². The normalized spacial score (nSPS) is 17.1. The highest BCUT2D eigenvalue weighted by Gasteiger charge is 2.16. The number of anilines is 1. The van der Waals surface area contributed by atoms with Crippen LogP contribution in [0.5, 0.6) is 5.75 Å². The minimum atomic E-state index is -0.275. The van der Waals surface area contributed by atoms with Crippen LogP contribution in [0, 0.1) is 0 Å². The van der Waals surface area contributed by atoms with Gasteiger partial charge in [-0.05, 0) is 31.5 Å². The van der Waals surface area contributed by atoms with E-state index in [1.807, 2.05) is 24.3 Å². The van der Waals surface area contributed by atoms with Crippen molar-refractivity contribution in [2.75, 3.05) is 25.5 Å². The zero-order valence-corrected chi connectivity index (χ0v) is 14.0. The first-order chi connectivity index (χ1) is 12.3. The molecule has 1 saturated heterocycles. The van der Waals surface area contributed by atoms with Crippen LogP contribution >= 0.6 is 0 Å². The number of nitrogens with zero attached hydrogens (tertiary/aromatic N) is 3. The molecule has 8 nitrogen and oxygen atoms in total. The van der Waals surface area contributed by atoms with Gasteiger partial charge in [-0.25, -0.2) is 14.3 Å². The summed E-state index contributed by atoms with van der Waals surface area (Å²) in [6, 6.07) is 7.79. The van der Waals surface area contributed by atoms with Gasteiger partial charge in [0.15, 0.2) is 5.65 Å². The van der Waals surface area contributed by atoms with E-state index in [0.717, 1.165) is 19.5 Å². The van der Waals surface area contributed by atoms with Crippen LogP contribution in [0.1, 0.15) is 12.8 Å². The Morgan fingerprint density at radius 1 is 1.40 bits per heavy atom. The van der Waals surface area contributed by atoms with Crippen LogP contribution in [0.3, 0.4) is 0 Å². The first-order valence-electron chi connectivity index (χ1n) is 8.34. The van der Waals surface area contributed by atoms with Gasteiger partial charge in [-0.15, -0.1) is 0 Å². The van der Waals surface area contributed by atoms with Crippen molar-refractivity contribution in [2.45, 2.75) is 18.9 Å². The van der Waals surface area contributed by atoms with Crippen molar-refractivity contribution in [1.82, 2.24) is 24.8 Å².